The molecule has 0 aliphatic heterocycles. The third-order valence-electron chi connectivity index (χ3n) is 4.25. The molecule has 1 aliphatic carbocycles. The van der Waals surface area contributed by atoms with E-state index >= 15 is 0 Å². The van der Waals surface area contributed by atoms with Gasteiger partial charge >= 0.3 is 0 Å². The fourth-order valence-electron chi connectivity index (χ4n) is 2.58. The molecule has 0 unspecified atom stereocenters. The Balaban J connectivity index is 2.20. The van der Waals surface area contributed by atoms with Gasteiger partial charge in [-0.25, -0.2) is 18.1 Å². The van der Waals surface area contributed by atoms with Gasteiger partial charge in [-0.1, -0.05) is 13.3 Å². The minimum atomic E-state index is -3.56. The largest absolute Gasteiger partial charge is 0.369 e. The molecule has 1 aromatic rings. The van der Waals surface area contributed by atoms with Crippen molar-refractivity contribution in [2.24, 2.45) is 5.41 Å². The van der Waals surface area contributed by atoms with E-state index < -0.39 is 10.0 Å². The van der Waals surface area contributed by atoms with Crippen LogP contribution in [0.25, 0.3) is 0 Å². The molecule has 2 N–H and O–H groups in total. The lowest BCUT2D eigenvalue weighted by molar-refractivity contribution is 0.133. The molecule has 21 heavy (non-hydrogen) atoms. The second-order valence-corrected chi connectivity index (χ2v) is 8.21. The lowest BCUT2D eigenvalue weighted by Crippen LogP contribution is -2.41. The maximum atomic E-state index is 12.6. The van der Waals surface area contributed by atoms with E-state index in [0.717, 1.165) is 19.3 Å². The van der Waals surface area contributed by atoms with Crippen LogP contribution in [0.15, 0.2) is 21.6 Å². The number of anilines is 1. The molecule has 118 valence electrons. The number of sulfonamides is 1. The van der Waals surface area contributed by atoms with Crippen LogP contribution in [0.3, 0.4) is 0 Å². The van der Waals surface area contributed by atoms with E-state index in [1.165, 1.54) is 6.42 Å². The molecule has 0 radical (unpaired) electrons. The highest BCUT2D eigenvalue weighted by Crippen LogP contribution is 2.43. The quantitative estimate of drug-likeness (QED) is 0.767. The van der Waals surface area contributed by atoms with E-state index in [4.69, 9.17) is 0 Å². The highest BCUT2D eigenvalue weighted by atomic mass is 79.9. The molecule has 0 spiro atoms. The molecule has 0 amide bonds. The summed E-state index contributed by atoms with van der Waals surface area (Å²) in [5.41, 5.74) is 0.144. The molecule has 0 saturated heterocycles. The van der Waals surface area contributed by atoms with Crippen molar-refractivity contribution in [3.63, 3.8) is 0 Å². The smallest absolute Gasteiger partial charge is 0.244 e. The van der Waals surface area contributed by atoms with Crippen molar-refractivity contribution in [2.75, 3.05) is 18.4 Å². The van der Waals surface area contributed by atoms with Crippen molar-refractivity contribution >= 4 is 31.8 Å². The number of halogens is 1. The van der Waals surface area contributed by atoms with E-state index in [0.29, 0.717) is 23.4 Å². The summed E-state index contributed by atoms with van der Waals surface area (Å²) in [6.45, 7) is 5.16. The molecule has 0 aromatic carbocycles. The second kappa shape index (κ2) is 6.62. The average Bonchev–Trinajstić information content (AvgIpc) is 2.40. The van der Waals surface area contributed by atoms with E-state index in [-0.39, 0.29) is 10.3 Å². The fourth-order valence-corrected chi connectivity index (χ4v) is 4.38. The second-order valence-electron chi connectivity index (χ2n) is 5.56. The van der Waals surface area contributed by atoms with E-state index in [2.05, 4.69) is 37.9 Å². The minimum Gasteiger partial charge on any atom is -0.369 e. The normalized spacial score (nSPS) is 17.3. The van der Waals surface area contributed by atoms with Gasteiger partial charge in [-0.15, -0.1) is 0 Å². The molecular weight excluding hydrogens is 354 g/mol. The zero-order chi connectivity index (χ0) is 15.5. The third kappa shape index (κ3) is 3.76. The summed E-state index contributed by atoms with van der Waals surface area (Å²) >= 11 is 3.29. The Bertz CT molecular complexity index is 595. The van der Waals surface area contributed by atoms with Gasteiger partial charge in [0.1, 0.15) is 10.7 Å². The van der Waals surface area contributed by atoms with Crippen molar-refractivity contribution in [2.45, 2.75) is 44.4 Å². The predicted octanol–water partition coefficient (Wildman–Crippen LogP) is 3.13. The van der Waals surface area contributed by atoms with Gasteiger partial charge in [0.15, 0.2) is 0 Å². The molecule has 0 bridgehead atoms. The number of nitrogens with zero attached hydrogens (tertiary/aromatic N) is 1. The Morgan fingerprint density at radius 3 is 2.62 bits per heavy atom. The molecule has 1 heterocycles. The van der Waals surface area contributed by atoms with E-state index in [9.17, 15) is 8.42 Å². The molecule has 7 heteroatoms. The number of pyridine rings is 1. The van der Waals surface area contributed by atoms with Gasteiger partial charge in [0.05, 0.1) is 0 Å². The van der Waals surface area contributed by atoms with Gasteiger partial charge in [0.2, 0.25) is 10.0 Å². The van der Waals surface area contributed by atoms with Gasteiger partial charge < -0.3 is 5.32 Å². The Morgan fingerprint density at radius 2 is 2.10 bits per heavy atom. The third-order valence-corrected chi connectivity index (χ3v) is 6.10. The van der Waals surface area contributed by atoms with Crippen LogP contribution in [0, 0.1) is 5.41 Å². The Morgan fingerprint density at radius 1 is 1.38 bits per heavy atom. The van der Waals surface area contributed by atoms with Crippen molar-refractivity contribution in [1.29, 1.82) is 0 Å². The molecule has 1 aliphatic rings. The van der Waals surface area contributed by atoms with Crippen molar-refractivity contribution < 1.29 is 8.42 Å². The number of aromatic nitrogens is 1. The van der Waals surface area contributed by atoms with Crippen LogP contribution in [-0.2, 0) is 10.0 Å². The molecule has 5 nitrogen and oxygen atoms in total. The van der Waals surface area contributed by atoms with Crippen LogP contribution in [0.2, 0.25) is 0 Å². The standard InChI is InChI=1S/C14H22BrN3O2S/c1-3-14(6-5-7-14)10-18-21(19,20)12-8-11(15)9-17-13(12)16-4-2/h8-9,18H,3-7,10H2,1-2H3,(H,16,17). The van der Waals surface area contributed by atoms with Crippen LogP contribution in [0.1, 0.15) is 39.5 Å². The first-order valence-corrected chi connectivity index (χ1v) is 9.59. The van der Waals surface area contributed by atoms with Crippen molar-refractivity contribution in [3.05, 3.63) is 16.7 Å². The topological polar surface area (TPSA) is 71.1 Å². The van der Waals surface area contributed by atoms with Crippen LogP contribution < -0.4 is 10.0 Å². The summed E-state index contributed by atoms with van der Waals surface area (Å²) in [6.07, 6.45) is 5.99. The SMILES string of the molecule is CCNc1ncc(Br)cc1S(=O)(=O)NCC1(CC)CCC1. The predicted molar refractivity (Wildman–Crippen MR) is 87.9 cm³/mol. The summed E-state index contributed by atoms with van der Waals surface area (Å²) in [7, 11) is -3.56. The molecule has 0 atom stereocenters. The van der Waals surface area contributed by atoms with Crippen LogP contribution >= 0.6 is 15.9 Å². The van der Waals surface area contributed by atoms with Crippen molar-refractivity contribution in [1.82, 2.24) is 9.71 Å². The lowest BCUT2D eigenvalue weighted by atomic mass is 9.67. The summed E-state index contributed by atoms with van der Waals surface area (Å²) in [5.74, 6) is 0.396. The van der Waals surface area contributed by atoms with Crippen molar-refractivity contribution in [3.8, 4) is 0 Å². The molecular formula is C14H22BrN3O2S. The monoisotopic (exact) mass is 375 g/mol. The summed E-state index contributed by atoms with van der Waals surface area (Å²) in [5, 5.41) is 3.00. The first kappa shape index (κ1) is 16.7. The van der Waals surface area contributed by atoms with Crippen LogP contribution in [0.4, 0.5) is 5.82 Å². The Hall–Kier alpha value is -0.660. The number of rotatable bonds is 7. The van der Waals surface area contributed by atoms with Crippen LogP contribution in [0.5, 0.6) is 0 Å². The number of nitrogens with one attached hydrogen (secondary N) is 2. The zero-order valence-corrected chi connectivity index (χ0v) is 14.8. The minimum absolute atomic E-state index is 0.144. The molecule has 2 rings (SSSR count). The number of hydrogen-bond acceptors (Lipinski definition) is 4. The van der Waals surface area contributed by atoms with Gasteiger partial charge in [0, 0.05) is 23.8 Å². The summed E-state index contributed by atoms with van der Waals surface area (Å²) < 4.78 is 28.6. The molecule has 1 fully saturated rings. The van der Waals surface area contributed by atoms with Crippen LogP contribution in [-0.4, -0.2) is 26.5 Å². The molecule has 1 aromatic heterocycles. The average molecular weight is 376 g/mol. The maximum Gasteiger partial charge on any atom is 0.244 e. The maximum absolute atomic E-state index is 12.6. The van der Waals surface area contributed by atoms with E-state index in [1.54, 1.807) is 12.3 Å². The zero-order valence-electron chi connectivity index (χ0n) is 12.4. The number of hydrogen-bond donors (Lipinski definition) is 2. The van der Waals surface area contributed by atoms with Gasteiger partial charge in [-0.2, -0.15) is 0 Å². The first-order chi connectivity index (χ1) is 9.92. The molecule has 1 saturated carbocycles. The van der Waals surface area contributed by atoms with E-state index in [1.807, 2.05) is 6.92 Å². The highest BCUT2D eigenvalue weighted by Gasteiger charge is 2.36. The van der Waals surface area contributed by atoms with Gasteiger partial charge in [-0.05, 0) is 53.6 Å². The lowest BCUT2D eigenvalue weighted by Gasteiger charge is -2.41. The Labute approximate surface area is 135 Å². The highest BCUT2D eigenvalue weighted by molar-refractivity contribution is 9.10. The summed E-state index contributed by atoms with van der Waals surface area (Å²) in [4.78, 5) is 4.35. The van der Waals surface area contributed by atoms with Gasteiger partial charge in [0.25, 0.3) is 0 Å². The Kier molecular flexibility index (Phi) is 5.27. The fraction of sp³-hybridized carbons (Fsp3) is 0.643. The van der Waals surface area contributed by atoms with Gasteiger partial charge in [-0.3, -0.25) is 0 Å². The first-order valence-electron chi connectivity index (χ1n) is 7.31. The summed E-state index contributed by atoms with van der Waals surface area (Å²) in [6, 6.07) is 1.59.